The van der Waals surface area contributed by atoms with Crippen LogP contribution in [0.1, 0.15) is 17.0 Å². The van der Waals surface area contributed by atoms with Crippen LogP contribution >= 0.6 is 0 Å². The lowest BCUT2D eigenvalue weighted by molar-refractivity contribution is -0.137. The van der Waals surface area contributed by atoms with Crippen molar-refractivity contribution in [2.45, 2.75) is 19.1 Å². The van der Waals surface area contributed by atoms with Crippen LogP contribution in [0.15, 0.2) is 35.8 Å². The summed E-state index contributed by atoms with van der Waals surface area (Å²) in [5.41, 5.74) is 1.18. The van der Waals surface area contributed by atoms with Gasteiger partial charge in [0.15, 0.2) is 18.9 Å². The van der Waals surface area contributed by atoms with Gasteiger partial charge in [-0.05, 0) is 12.1 Å². The van der Waals surface area contributed by atoms with Crippen LogP contribution in [0.25, 0.3) is 11.3 Å². The summed E-state index contributed by atoms with van der Waals surface area (Å²) in [5, 5.41) is 9.42. The van der Waals surface area contributed by atoms with Crippen molar-refractivity contribution in [1.82, 2.24) is 29.1 Å². The first-order valence-corrected chi connectivity index (χ1v) is 8.73. The van der Waals surface area contributed by atoms with Crippen LogP contribution in [0.3, 0.4) is 0 Å². The van der Waals surface area contributed by atoms with E-state index in [9.17, 15) is 18.0 Å². The maximum absolute atomic E-state index is 12.9. The fourth-order valence-electron chi connectivity index (χ4n) is 3.44. The summed E-state index contributed by atoms with van der Waals surface area (Å²) in [5.74, 6) is 0.468. The van der Waals surface area contributed by atoms with Gasteiger partial charge in [0.1, 0.15) is 6.33 Å². The molecular formula is C17H14F3N7O2. The minimum Gasteiger partial charge on any atom is -0.459 e. The molecule has 2 amide bonds. The first-order chi connectivity index (χ1) is 13.9. The van der Waals surface area contributed by atoms with E-state index in [0.717, 1.165) is 17.8 Å². The molecule has 5 heterocycles. The van der Waals surface area contributed by atoms with E-state index >= 15 is 0 Å². The quantitative estimate of drug-likeness (QED) is 0.622. The normalized spacial score (nSPS) is 16.4. The van der Waals surface area contributed by atoms with Crippen LogP contribution in [0.2, 0.25) is 0 Å². The van der Waals surface area contributed by atoms with Gasteiger partial charge in [0, 0.05) is 25.2 Å². The van der Waals surface area contributed by atoms with Crippen molar-refractivity contribution >= 4 is 17.9 Å². The van der Waals surface area contributed by atoms with Crippen molar-refractivity contribution in [3.05, 3.63) is 47.7 Å². The molecule has 5 rings (SSSR count). The average molecular weight is 405 g/mol. The summed E-state index contributed by atoms with van der Waals surface area (Å²) in [6.07, 6.45) is 0.184. The average Bonchev–Trinajstić information content (AvgIpc) is 3.43. The lowest BCUT2D eigenvalue weighted by Crippen LogP contribution is -2.43. The molecule has 12 heteroatoms. The number of fused-ring (bicyclic) bond motifs is 2. The molecule has 0 bridgehead atoms. The second kappa shape index (κ2) is 6.22. The monoisotopic (exact) mass is 405 g/mol. The van der Waals surface area contributed by atoms with Crippen LogP contribution in [0, 0.1) is 0 Å². The number of rotatable bonds is 1. The number of hydrogen-bond donors (Lipinski definition) is 0. The van der Waals surface area contributed by atoms with E-state index in [0.29, 0.717) is 36.5 Å². The number of pyridine rings is 1. The van der Waals surface area contributed by atoms with E-state index in [2.05, 4.69) is 15.2 Å². The van der Waals surface area contributed by atoms with Crippen LogP contribution in [-0.2, 0) is 23.9 Å². The van der Waals surface area contributed by atoms with Gasteiger partial charge in [-0.25, -0.2) is 14.3 Å². The molecule has 3 aromatic heterocycles. The van der Waals surface area contributed by atoms with E-state index < -0.39 is 11.7 Å². The SMILES string of the molecule is O=C(N1CCc2c(ncn2-c2cc3cc(C(F)(F)F)ccn3n2)C1)N1COC=N1. The van der Waals surface area contributed by atoms with Gasteiger partial charge in [-0.15, -0.1) is 10.2 Å². The van der Waals surface area contributed by atoms with Crippen molar-refractivity contribution < 1.29 is 22.7 Å². The maximum atomic E-state index is 12.9. The Hall–Kier alpha value is -3.57. The molecular weight excluding hydrogens is 391 g/mol. The number of carbonyl (C=O) groups excluding carboxylic acids is 1. The van der Waals surface area contributed by atoms with Crippen molar-refractivity contribution in [1.29, 1.82) is 0 Å². The fourth-order valence-corrected chi connectivity index (χ4v) is 3.44. The predicted molar refractivity (Wildman–Crippen MR) is 93.1 cm³/mol. The number of urea groups is 1. The Bertz CT molecular complexity index is 1130. The van der Waals surface area contributed by atoms with E-state index in [1.165, 1.54) is 22.1 Å². The zero-order valence-corrected chi connectivity index (χ0v) is 14.9. The summed E-state index contributed by atoms with van der Waals surface area (Å²) in [6.45, 7) is 0.839. The molecule has 0 unspecified atom stereocenters. The smallest absolute Gasteiger partial charge is 0.416 e. The van der Waals surface area contributed by atoms with E-state index in [4.69, 9.17) is 4.74 Å². The van der Waals surface area contributed by atoms with Gasteiger partial charge in [0.25, 0.3) is 0 Å². The highest BCUT2D eigenvalue weighted by Crippen LogP contribution is 2.30. The molecule has 2 aliphatic heterocycles. The third-order valence-electron chi connectivity index (χ3n) is 4.89. The first kappa shape index (κ1) is 17.5. The summed E-state index contributed by atoms with van der Waals surface area (Å²) in [6, 6.07) is 3.34. The molecule has 0 aromatic carbocycles. The molecule has 0 fully saturated rings. The molecule has 2 aliphatic rings. The van der Waals surface area contributed by atoms with Crippen LogP contribution in [0.4, 0.5) is 18.0 Å². The maximum Gasteiger partial charge on any atom is 0.416 e. The Balaban J connectivity index is 1.43. The summed E-state index contributed by atoms with van der Waals surface area (Å²) >= 11 is 0. The van der Waals surface area contributed by atoms with Gasteiger partial charge in [0.05, 0.1) is 29.0 Å². The van der Waals surface area contributed by atoms with Gasteiger partial charge in [-0.1, -0.05) is 0 Å². The molecule has 0 radical (unpaired) electrons. The number of imidazole rings is 1. The lowest BCUT2D eigenvalue weighted by atomic mass is 10.1. The van der Waals surface area contributed by atoms with Gasteiger partial charge < -0.3 is 9.64 Å². The standard InChI is InChI=1S/C17H14F3N7O2/c18-17(19,20)11-1-4-26-12(5-11)6-15(23-26)25-8-21-13-7-24(3-2-14(13)25)16(28)27-10-29-9-22-27/h1,4-6,8-9H,2-3,7,10H2. The number of alkyl halides is 3. The minimum atomic E-state index is -4.42. The van der Waals surface area contributed by atoms with Crippen molar-refractivity contribution in [2.75, 3.05) is 13.3 Å². The number of halogens is 3. The highest BCUT2D eigenvalue weighted by Gasteiger charge is 2.31. The Morgan fingerprint density at radius 2 is 2.10 bits per heavy atom. The number of nitrogens with zero attached hydrogens (tertiary/aromatic N) is 7. The first-order valence-electron chi connectivity index (χ1n) is 8.73. The van der Waals surface area contributed by atoms with Gasteiger partial charge in [-0.2, -0.15) is 18.2 Å². The highest BCUT2D eigenvalue weighted by molar-refractivity contribution is 5.76. The van der Waals surface area contributed by atoms with E-state index in [-0.39, 0.29) is 12.8 Å². The largest absolute Gasteiger partial charge is 0.459 e. The molecule has 0 atom stereocenters. The van der Waals surface area contributed by atoms with Crippen LogP contribution in [-0.4, -0.2) is 54.8 Å². The van der Waals surface area contributed by atoms with Crippen molar-refractivity contribution in [3.63, 3.8) is 0 Å². The minimum absolute atomic E-state index is 0.0811. The molecule has 0 saturated heterocycles. The van der Waals surface area contributed by atoms with Crippen molar-refractivity contribution in [3.8, 4) is 5.82 Å². The molecule has 9 nitrogen and oxygen atoms in total. The number of amides is 2. The summed E-state index contributed by atoms with van der Waals surface area (Å²) < 4.78 is 46.9. The number of carbonyl (C=O) groups is 1. The lowest BCUT2D eigenvalue weighted by Gasteiger charge is -2.28. The number of ether oxygens (including phenoxy) is 1. The molecule has 0 saturated carbocycles. The van der Waals surface area contributed by atoms with Gasteiger partial charge >= 0.3 is 12.2 Å². The third-order valence-corrected chi connectivity index (χ3v) is 4.89. The third kappa shape index (κ3) is 2.96. The van der Waals surface area contributed by atoms with E-state index in [1.54, 1.807) is 21.9 Å². The zero-order chi connectivity index (χ0) is 20.2. The Morgan fingerprint density at radius 1 is 1.24 bits per heavy atom. The fraction of sp³-hybridized carbons (Fsp3) is 0.294. The molecule has 0 spiro atoms. The van der Waals surface area contributed by atoms with Crippen LogP contribution < -0.4 is 0 Å². The van der Waals surface area contributed by atoms with Gasteiger partial charge in [0.2, 0.25) is 0 Å². The number of hydrazone groups is 1. The zero-order valence-electron chi connectivity index (χ0n) is 14.9. The van der Waals surface area contributed by atoms with Crippen LogP contribution in [0.5, 0.6) is 0 Å². The topological polar surface area (TPSA) is 80.3 Å². The Morgan fingerprint density at radius 3 is 2.86 bits per heavy atom. The number of hydrogen-bond acceptors (Lipinski definition) is 5. The summed E-state index contributed by atoms with van der Waals surface area (Å²) in [7, 11) is 0. The highest BCUT2D eigenvalue weighted by atomic mass is 19.4. The molecule has 3 aromatic rings. The molecule has 29 heavy (non-hydrogen) atoms. The van der Waals surface area contributed by atoms with Gasteiger partial charge in [-0.3, -0.25) is 4.57 Å². The van der Waals surface area contributed by atoms with Crippen molar-refractivity contribution in [2.24, 2.45) is 5.10 Å². The second-order valence-corrected chi connectivity index (χ2v) is 6.66. The number of aromatic nitrogens is 4. The summed E-state index contributed by atoms with van der Waals surface area (Å²) in [4.78, 5) is 18.4. The Labute approximate surface area is 161 Å². The Kier molecular flexibility index (Phi) is 3.76. The molecule has 0 N–H and O–H groups in total. The molecule has 150 valence electrons. The van der Waals surface area contributed by atoms with E-state index in [1.807, 2.05) is 0 Å². The predicted octanol–water partition coefficient (Wildman–Crippen LogP) is 2.25. The molecule has 0 aliphatic carbocycles. The second-order valence-electron chi connectivity index (χ2n) is 6.66.